The Kier molecular flexibility index (Phi) is 3.06. The molecule has 1 aromatic rings. The SMILES string of the molecule is O=C(O)C[C@@H]1OCC=C2C[N@+]3([O-])CC[C@]45c6ccccc6N[C@H]4[C@@H]1[C@H]2C[C@H]53. The molecular weight excluding hydrogens is 344 g/mol. The van der Waals surface area contributed by atoms with Crippen molar-refractivity contribution in [3.63, 3.8) is 0 Å². The summed E-state index contributed by atoms with van der Waals surface area (Å²) in [7, 11) is 0. The van der Waals surface area contributed by atoms with Gasteiger partial charge in [0.05, 0.1) is 31.1 Å². The summed E-state index contributed by atoms with van der Waals surface area (Å²) in [5.74, 6) is -0.475. The molecule has 3 fully saturated rings. The number of hydrogen-bond acceptors (Lipinski definition) is 4. The number of rotatable bonds is 2. The molecule has 1 aromatic carbocycles. The molecule has 5 aliphatic rings. The van der Waals surface area contributed by atoms with E-state index < -0.39 is 5.97 Å². The third-order valence-corrected chi connectivity index (χ3v) is 8.08. The van der Waals surface area contributed by atoms with E-state index in [0.29, 0.717) is 19.7 Å². The lowest BCUT2D eigenvalue weighted by Crippen LogP contribution is -2.68. The van der Waals surface area contributed by atoms with Gasteiger partial charge >= 0.3 is 5.97 Å². The molecule has 0 unspecified atom stereocenters. The van der Waals surface area contributed by atoms with E-state index in [2.05, 4.69) is 29.6 Å². The third-order valence-electron chi connectivity index (χ3n) is 8.08. The van der Waals surface area contributed by atoms with Crippen molar-refractivity contribution in [1.82, 2.24) is 0 Å². The first-order chi connectivity index (χ1) is 13.0. The molecule has 2 bridgehead atoms. The average Bonchev–Trinajstić information content (AvgIpc) is 3.08. The number of anilines is 1. The Morgan fingerprint density at radius 2 is 2.26 bits per heavy atom. The fourth-order valence-electron chi connectivity index (χ4n) is 7.20. The molecule has 2 saturated heterocycles. The summed E-state index contributed by atoms with van der Waals surface area (Å²) in [5, 5.41) is 27.1. The number of benzene rings is 1. The molecule has 142 valence electrons. The highest BCUT2D eigenvalue weighted by Crippen LogP contribution is 2.64. The fraction of sp³-hybridized carbons (Fsp3) is 0.571. The summed E-state index contributed by atoms with van der Waals surface area (Å²) in [5.41, 5.74) is 3.38. The fourth-order valence-corrected chi connectivity index (χ4v) is 7.20. The van der Waals surface area contributed by atoms with Gasteiger partial charge in [-0.3, -0.25) is 4.79 Å². The van der Waals surface area contributed by atoms with Crippen molar-refractivity contribution in [1.29, 1.82) is 0 Å². The summed E-state index contributed by atoms with van der Waals surface area (Å²) in [6.07, 6.45) is 3.49. The number of carboxylic acid groups (broad SMARTS) is 1. The lowest BCUT2D eigenvalue weighted by Gasteiger charge is -2.60. The van der Waals surface area contributed by atoms with Gasteiger partial charge in [-0.25, -0.2) is 0 Å². The second kappa shape index (κ2) is 5.13. The van der Waals surface area contributed by atoms with Crippen molar-refractivity contribution in [2.45, 2.75) is 42.9 Å². The van der Waals surface area contributed by atoms with Crippen molar-refractivity contribution in [3.8, 4) is 0 Å². The number of carbonyl (C=O) groups is 1. The van der Waals surface area contributed by atoms with Gasteiger partial charge in [-0.15, -0.1) is 0 Å². The topological polar surface area (TPSA) is 81.6 Å². The van der Waals surface area contributed by atoms with E-state index in [4.69, 9.17) is 4.74 Å². The average molecular weight is 368 g/mol. The predicted molar refractivity (Wildman–Crippen MR) is 99.0 cm³/mol. The zero-order valence-corrected chi connectivity index (χ0v) is 15.1. The summed E-state index contributed by atoms with van der Waals surface area (Å²) < 4.78 is 5.95. The lowest BCUT2D eigenvalue weighted by atomic mass is 9.54. The normalized spacial score (nSPS) is 46.0. The molecule has 27 heavy (non-hydrogen) atoms. The number of aliphatic carboxylic acids is 1. The summed E-state index contributed by atoms with van der Waals surface area (Å²) >= 11 is 0. The highest BCUT2D eigenvalue weighted by atomic mass is 16.6. The summed E-state index contributed by atoms with van der Waals surface area (Å²) in [4.78, 5) is 11.6. The Hall–Kier alpha value is -1.89. The Bertz CT molecular complexity index is 869. The Balaban J connectivity index is 1.55. The molecule has 4 aliphatic heterocycles. The van der Waals surface area contributed by atoms with Crippen LogP contribution in [-0.4, -0.2) is 53.6 Å². The second-order valence-electron chi connectivity index (χ2n) is 8.98. The Labute approximate surface area is 158 Å². The molecule has 4 heterocycles. The lowest BCUT2D eigenvalue weighted by molar-refractivity contribution is -0.896. The van der Waals surface area contributed by atoms with Gasteiger partial charge in [-0.05, 0) is 23.1 Å². The minimum absolute atomic E-state index is 0.0228. The van der Waals surface area contributed by atoms with Crippen molar-refractivity contribution in [2.24, 2.45) is 11.8 Å². The summed E-state index contributed by atoms with van der Waals surface area (Å²) in [6.45, 7) is 1.61. The smallest absolute Gasteiger partial charge is 0.305 e. The maximum absolute atomic E-state index is 13.8. The number of para-hydroxylation sites is 1. The molecule has 6 nitrogen and oxygen atoms in total. The van der Waals surface area contributed by atoms with Gasteiger partial charge in [0.2, 0.25) is 0 Å². The first-order valence-corrected chi connectivity index (χ1v) is 9.99. The minimum atomic E-state index is -0.814. The number of piperidine rings is 1. The number of ether oxygens (including phenoxy) is 1. The quantitative estimate of drug-likeness (QED) is 0.475. The number of carboxylic acids is 1. The largest absolute Gasteiger partial charge is 0.632 e. The molecule has 7 atom stereocenters. The van der Waals surface area contributed by atoms with Crippen LogP contribution >= 0.6 is 0 Å². The van der Waals surface area contributed by atoms with E-state index >= 15 is 0 Å². The van der Waals surface area contributed by atoms with E-state index in [1.807, 2.05) is 6.07 Å². The molecule has 1 aliphatic carbocycles. The van der Waals surface area contributed by atoms with Gasteiger partial charge in [0.15, 0.2) is 0 Å². The van der Waals surface area contributed by atoms with Crippen LogP contribution in [0.4, 0.5) is 5.69 Å². The highest BCUT2D eigenvalue weighted by molar-refractivity contribution is 5.68. The van der Waals surface area contributed by atoms with Crippen molar-refractivity contribution < 1.29 is 19.3 Å². The van der Waals surface area contributed by atoms with Gasteiger partial charge in [0.1, 0.15) is 12.6 Å². The van der Waals surface area contributed by atoms with E-state index in [1.54, 1.807) is 0 Å². The van der Waals surface area contributed by atoms with E-state index in [-0.39, 0.29) is 46.5 Å². The standard InChI is InChI=1S/C21H24N2O4/c24-18(25)10-16-19-13-9-17-21(14-3-1-2-4-15(14)22-20(19)21)6-7-23(17,26)11-12(13)5-8-27-16/h1-5,13,16-17,19-20,22H,6-11H2,(H,24,25)/t13-,16-,17+,19+,20-,21+,23+/m0/s1. The van der Waals surface area contributed by atoms with Gasteiger partial charge < -0.3 is 25.0 Å². The van der Waals surface area contributed by atoms with Crippen LogP contribution < -0.4 is 5.32 Å². The van der Waals surface area contributed by atoms with Gasteiger partial charge in [-0.2, -0.15) is 0 Å². The monoisotopic (exact) mass is 368 g/mol. The van der Waals surface area contributed by atoms with Crippen LogP contribution in [0.2, 0.25) is 0 Å². The summed E-state index contributed by atoms with van der Waals surface area (Å²) in [6, 6.07) is 8.50. The first kappa shape index (κ1) is 16.1. The van der Waals surface area contributed by atoms with E-state index in [9.17, 15) is 15.1 Å². The number of hydrogen-bond donors (Lipinski definition) is 2. The van der Waals surface area contributed by atoms with Crippen LogP contribution in [0.1, 0.15) is 24.8 Å². The first-order valence-electron chi connectivity index (χ1n) is 9.99. The zero-order chi connectivity index (χ0) is 18.4. The van der Waals surface area contributed by atoms with Crippen LogP contribution in [-0.2, 0) is 14.9 Å². The second-order valence-corrected chi connectivity index (χ2v) is 8.98. The molecule has 0 aromatic heterocycles. The van der Waals surface area contributed by atoms with Crippen LogP contribution in [0.15, 0.2) is 35.9 Å². The highest BCUT2D eigenvalue weighted by Gasteiger charge is 2.71. The van der Waals surface area contributed by atoms with Gasteiger partial charge in [0, 0.05) is 30.5 Å². The number of nitrogens with zero attached hydrogens (tertiary/aromatic N) is 1. The zero-order valence-electron chi connectivity index (χ0n) is 15.1. The molecule has 1 saturated carbocycles. The van der Waals surface area contributed by atoms with Crippen LogP contribution in [0, 0.1) is 17.0 Å². The molecular formula is C21H24N2O4. The van der Waals surface area contributed by atoms with Crippen molar-refractivity contribution in [2.75, 3.05) is 25.0 Å². The number of fused-ring (bicyclic) bond motifs is 2. The molecule has 2 N–H and O–H groups in total. The van der Waals surface area contributed by atoms with Crippen molar-refractivity contribution in [3.05, 3.63) is 46.7 Å². The van der Waals surface area contributed by atoms with Crippen LogP contribution in [0.25, 0.3) is 0 Å². The molecule has 1 spiro atoms. The number of quaternary nitrogens is 1. The molecule has 6 heteroatoms. The maximum atomic E-state index is 13.8. The maximum Gasteiger partial charge on any atom is 0.305 e. The number of nitrogens with one attached hydrogen (secondary N) is 1. The van der Waals surface area contributed by atoms with E-state index in [0.717, 1.165) is 18.5 Å². The van der Waals surface area contributed by atoms with Crippen molar-refractivity contribution >= 4 is 11.7 Å². The molecule has 0 amide bonds. The Morgan fingerprint density at radius 3 is 3.11 bits per heavy atom. The van der Waals surface area contributed by atoms with E-state index in [1.165, 1.54) is 11.1 Å². The predicted octanol–water partition coefficient (Wildman–Crippen LogP) is 2.25. The molecule has 0 radical (unpaired) electrons. The Morgan fingerprint density at radius 1 is 1.41 bits per heavy atom. The minimum Gasteiger partial charge on any atom is -0.632 e. The van der Waals surface area contributed by atoms with Crippen LogP contribution in [0.5, 0.6) is 0 Å². The third kappa shape index (κ3) is 1.88. The van der Waals surface area contributed by atoms with Crippen LogP contribution in [0.3, 0.4) is 0 Å². The molecule has 6 rings (SSSR count). The number of hydroxylamine groups is 3. The van der Waals surface area contributed by atoms with Gasteiger partial charge in [-0.1, -0.05) is 24.3 Å². The van der Waals surface area contributed by atoms with Gasteiger partial charge in [0.25, 0.3) is 0 Å².